The van der Waals surface area contributed by atoms with Gasteiger partial charge in [-0.3, -0.25) is 4.79 Å². The summed E-state index contributed by atoms with van der Waals surface area (Å²) in [6, 6.07) is 7.46. The summed E-state index contributed by atoms with van der Waals surface area (Å²) in [7, 11) is 0. The Morgan fingerprint density at radius 1 is 1.23 bits per heavy atom. The predicted molar refractivity (Wildman–Crippen MR) is 122 cm³/mol. The molecule has 1 aliphatic carbocycles. The lowest BCUT2D eigenvalue weighted by Crippen LogP contribution is -2.51. The quantitative estimate of drug-likeness (QED) is 0.638. The van der Waals surface area contributed by atoms with Crippen molar-refractivity contribution in [3.05, 3.63) is 52.4 Å². The number of fused-ring (bicyclic) bond motifs is 1. The number of carbonyl (C=O) groups is 1. The van der Waals surface area contributed by atoms with Gasteiger partial charge in [0.25, 0.3) is 0 Å². The molecule has 8 heteroatoms. The molecule has 1 fully saturated rings. The van der Waals surface area contributed by atoms with Crippen molar-refractivity contribution in [3.63, 3.8) is 0 Å². The highest BCUT2D eigenvalue weighted by molar-refractivity contribution is 6.30. The number of benzene rings is 1. The molecule has 2 aliphatic rings. The number of halogens is 1. The summed E-state index contributed by atoms with van der Waals surface area (Å²) in [6.07, 6.45) is 3.82. The van der Waals surface area contributed by atoms with Crippen molar-refractivity contribution in [2.24, 2.45) is 0 Å². The van der Waals surface area contributed by atoms with Crippen LogP contribution >= 0.6 is 11.6 Å². The molecule has 1 aromatic carbocycles. The maximum Gasteiger partial charge on any atom is 0.231 e. The number of aryl methyl sites for hydroxylation is 1. The van der Waals surface area contributed by atoms with Crippen LogP contribution in [0.25, 0.3) is 0 Å². The van der Waals surface area contributed by atoms with Gasteiger partial charge in [0.2, 0.25) is 5.91 Å². The van der Waals surface area contributed by atoms with E-state index in [0.29, 0.717) is 37.1 Å². The van der Waals surface area contributed by atoms with Crippen LogP contribution in [0.3, 0.4) is 0 Å². The number of nitrogens with zero attached hydrogens (tertiary/aromatic N) is 4. The van der Waals surface area contributed by atoms with Gasteiger partial charge in [-0.1, -0.05) is 30.7 Å². The maximum absolute atomic E-state index is 13.4. The van der Waals surface area contributed by atoms with Crippen LogP contribution in [0.2, 0.25) is 5.02 Å². The standard InChI is InChI=1S/C23H30ClN5O2/c1-16-2-7-20-21(16)22(27-15-26-20)28-9-11-29(12-10-28)23(31)19(14-25-8-13-30)17-3-5-18(24)6-4-17/h3-6,15-16,19,25,30H,2,7-14H2,1H3/t16-,19+/m1/s1. The fourth-order valence-electron chi connectivity index (χ4n) is 4.60. The molecule has 2 aromatic rings. The van der Waals surface area contributed by atoms with Gasteiger partial charge in [0.1, 0.15) is 12.1 Å². The number of aliphatic hydroxyl groups is 1. The lowest BCUT2D eigenvalue weighted by molar-refractivity contribution is -0.133. The minimum Gasteiger partial charge on any atom is -0.395 e. The lowest BCUT2D eigenvalue weighted by atomic mass is 9.97. The zero-order valence-corrected chi connectivity index (χ0v) is 18.7. The Balaban J connectivity index is 1.45. The number of carbonyl (C=O) groups excluding carboxylic acids is 1. The van der Waals surface area contributed by atoms with E-state index in [1.165, 1.54) is 11.3 Å². The SMILES string of the molecule is C[C@@H]1CCc2ncnc(N3CCN(C(=O)[C@@H](CNCCO)c4ccc(Cl)cc4)CC3)c21. The summed E-state index contributed by atoms with van der Waals surface area (Å²) in [5, 5.41) is 12.9. The molecule has 0 radical (unpaired) electrons. The Bertz CT molecular complexity index is 899. The van der Waals surface area contributed by atoms with Crippen LogP contribution in [0.4, 0.5) is 5.82 Å². The van der Waals surface area contributed by atoms with E-state index in [1.54, 1.807) is 6.33 Å². The normalized spacial score (nSPS) is 19.4. The number of piperazine rings is 1. The van der Waals surface area contributed by atoms with Crippen molar-refractivity contribution in [3.8, 4) is 0 Å². The van der Waals surface area contributed by atoms with E-state index in [2.05, 4.69) is 27.1 Å². The second-order valence-electron chi connectivity index (χ2n) is 8.34. The first-order chi connectivity index (χ1) is 15.1. The third kappa shape index (κ3) is 4.84. The summed E-state index contributed by atoms with van der Waals surface area (Å²) >= 11 is 6.04. The van der Waals surface area contributed by atoms with Crippen molar-refractivity contribution in [1.29, 1.82) is 0 Å². The third-order valence-electron chi connectivity index (χ3n) is 6.35. The average molecular weight is 444 g/mol. The van der Waals surface area contributed by atoms with Crippen molar-refractivity contribution >= 4 is 23.3 Å². The van der Waals surface area contributed by atoms with Gasteiger partial charge in [-0.15, -0.1) is 0 Å². The molecule has 4 rings (SSSR count). The number of aliphatic hydroxyl groups excluding tert-OH is 1. The number of anilines is 1. The van der Waals surface area contributed by atoms with Gasteiger partial charge in [0.15, 0.2) is 0 Å². The first kappa shape index (κ1) is 22.0. The van der Waals surface area contributed by atoms with Gasteiger partial charge in [0.05, 0.1) is 12.5 Å². The van der Waals surface area contributed by atoms with E-state index in [0.717, 1.165) is 37.3 Å². The van der Waals surface area contributed by atoms with E-state index < -0.39 is 0 Å². The van der Waals surface area contributed by atoms with Crippen LogP contribution in [0.15, 0.2) is 30.6 Å². The van der Waals surface area contributed by atoms with Crippen LogP contribution in [0.5, 0.6) is 0 Å². The number of aromatic nitrogens is 2. The summed E-state index contributed by atoms with van der Waals surface area (Å²) in [5.41, 5.74) is 3.40. The molecule has 0 spiro atoms. The highest BCUT2D eigenvalue weighted by atomic mass is 35.5. The Morgan fingerprint density at radius 3 is 2.68 bits per heavy atom. The molecule has 1 aliphatic heterocycles. The maximum atomic E-state index is 13.4. The topological polar surface area (TPSA) is 81.6 Å². The minimum atomic E-state index is -0.307. The number of amides is 1. The molecule has 0 unspecified atom stereocenters. The molecule has 2 N–H and O–H groups in total. The number of hydrogen-bond donors (Lipinski definition) is 2. The van der Waals surface area contributed by atoms with Crippen molar-refractivity contribution in [1.82, 2.24) is 20.2 Å². The summed E-state index contributed by atoms with van der Waals surface area (Å²) in [5.74, 6) is 1.33. The summed E-state index contributed by atoms with van der Waals surface area (Å²) in [4.78, 5) is 26.7. The van der Waals surface area contributed by atoms with Crippen molar-refractivity contribution in [2.75, 3.05) is 50.8 Å². The van der Waals surface area contributed by atoms with Crippen LogP contribution in [0, 0.1) is 0 Å². The van der Waals surface area contributed by atoms with Gasteiger partial charge >= 0.3 is 0 Å². The van der Waals surface area contributed by atoms with Crippen LogP contribution in [-0.2, 0) is 11.2 Å². The highest BCUT2D eigenvalue weighted by Gasteiger charge is 2.31. The number of rotatable bonds is 7. The first-order valence-corrected chi connectivity index (χ1v) is 11.4. The molecule has 2 atom stereocenters. The first-order valence-electron chi connectivity index (χ1n) is 11.0. The van der Waals surface area contributed by atoms with Crippen molar-refractivity contribution < 1.29 is 9.90 Å². The Labute approximate surface area is 188 Å². The Kier molecular flexibility index (Phi) is 7.05. The van der Waals surface area contributed by atoms with E-state index in [-0.39, 0.29) is 18.4 Å². The van der Waals surface area contributed by atoms with E-state index in [4.69, 9.17) is 16.7 Å². The molecule has 166 valence electrons. The molecule has 7 nitrogen and oxygen atoms in total. The smallest absolute Gasteiger partial charge is 0.231 e. The van der Waals surface area contributed by atoms with Crippen LogP contribution in [0.1, 0.15) is 42.0 Å². The molecule has 1 saturated heterocycles. The monoisotopic (exact) mass is 443 g/mol. The van der Waals surface area contributed by atoms with Crippen LogP contribution in [-0.4, -0.2) is 71.8 Å². The zero-order valence-electron chi connectivity index (χ0n) is 17.9. The van der Waals surface area contributed by atoms with E-state index in [1.807, 2.05) is 29.2 Å². The molecule has 0 bridgehead atoms. The molecule has 0 saturated carbocycles. The minimum absolute atomic E-state index is 0.0435. The van der Waals surface area contributed by atoms with E-state index >= 15 is 0 Å². The number of hydrogen-bond acceptors (Lipinski definition) is 6. The largest absolute Gasteiger partial charge is 0.395 e. The zero-order chi connectivity index (χ0) is 21.8. The second kappa shape index (κ2) is 9.94. The van der Waals surface area contributed by atoms with Gasteiger partial charge < -0.3 is 20.2 Å². The summed E-state index contributed by atoms with van der Waals surface area (Å²) in [6.45, 7) is 6.08. The fourth-order valence-corrected chi connectivity index (χ4v) is 4.73. The third-order valence-corrected chi connectivity index (χ3v) is 6.60. The Hall–Kier alpha value is -2.22. The fraction of sp³-hybridized carbons (Fsp3) is 0.522. The molecule has 31 heavy (non-hydrogen) atoms. The molecular weight excluding hydrogens is 414 g/mol. The van der Waals surface area contributed by atoms with Crippen LogP contribution < -0.4 is 10.2 Å². The lowest BCUT2D eigenvalue weighted by Gasteiger charge is -2.38. The van der Waals surface area contributed by atoms with E-state index in [9.17, 15) is 4.79 Å². The van der Waals surface area contributed by atoms with Gasteiger partial charge in [0, 0.05) is 55.5 Å². The molecule has 1 aromatic heterocycles. The van der Waals surface area contributed by atoms with Crippen molar-refractivity contribution in [2.45, 2.75) is 31.6 Å². The molecule has 1 amide bonds. The average Bonchev–Trinajstić information content (AvgIpc) is 3.18. The van der Waals surface area contributed by atoms with Gasteiger partial charge in [-0.2, -0.15) is 0 Å². The second-order valence-corrected chi connectivity index (χ2v) is 8.78. The van der Waals surface area contributed by atoms with Gasteiger partial charge in [-0.05, 0) is 36.5 Å². The molecular formula is C23H30ClN5O2. The Morgan fingerprint density at radius 2 is 1.97 bits per heavy atom. The number of nitrogens with one attached hydrogen (secondary N) is 1. The van der Waals surface area contributed by atoms with Gasteiger partial charge in [-0.25, -0.2) is 9.97 Å². The summed E-state index contributed by atoms with van der Waals surface area (Å²) < 4.78 is 0. The predicted octanol–water partition coefficient (Wildman–Crippen LogP) is 2.19. The molecule has 2 heterocycles. The highest BCUT2D eigenvalue weighted by Crippen LogP contribution is 2.37.